The van der Waals surface area contributed by atoms with Crippen molar-refractivity contribution in [3.8, 4) is 0 Å². The maximum atomic E-state index is 12.7. The Bertz CT molecular complexity index is 833. The molecule has 3 aromatic rings. The Kier molecular flexibility index (Phi) is 3.01. The van der Waals surface area contributed by atoms with Gasteiger partial charge in [0.1, 0.15) is 0 Å². The lowest BCUT2D eigenvalue weighted by molar-refractivity contribution is -0.118. The summed E-state index contributed by atoms with van der Waals surface area (Å²) >= 11 is 0. The van der Waals surface area contributed by atoms with Crippen LogP contribution in [-0.2, 0) is 4.79 Å². The van der Waals surface area contributed by atoms with Crippen LogP contribution in [0.25, 0.3) is 11.0 Å². The minimum atomic E-state index is -0.0303. The molecule has 0 saturated heterocycles. The summed E-state index contributed by atoms with van der Waals surface area (Å²) in [7, 11) is 0. The Balaban J connectivity index is 1.55. The van der Waals surface area contributed by atoms with Gasteiger partial charge in [0, 0.05) is 5.92 Å². The van der Waals surface area contributed by atoms with Gasteiger partial charge in [-0.05, 0) is 23.1 Å². The SMILES string of the molecule is CC1(C)C(C(=O)Nc2nc3ccccc3[nH]2)C1c1ccccc1. The third-order valence-corrected chi connectivity index (χ3v) is 4.90. The fourth-order valence-electron chi connectivity index (χ4n) is 3.62. The number of nitrogens with one attached hydrogen (secondary N) is 2. The van der Waals surface area contributed by atoms with Crippen molar-refractivity contribution in [2.45, 2.75) is 19.8 Å². The zero-order valence-corrected chi connectivity index (χ0v) is 13.2. The number of hydrogen-bond acceptors (Lipinski definition) is 2. The average Bonchev–Trinajstić information content (AvgIpc) is 2.91. The van der Waals surface area contributed by atoms with E-state index in [1.54, 1.807) is 0 Å². The molecule has 2 N–H and O–H groups in total. The Morgan fingerprint density at radius 3 is 2.52 bits per heavy atom. The van der Waals surface area contributed by atoms with E-state index in [0.29, 0.717) is 5.95 Å². The second-order valence-electron chi connectivity index (χ2n) is 6.78. The highest BCUT2D eigenvalue weighted by Crippen LogP contribution is 2.64. The second kappa shape index (κ2) is 4.95. The maximum absolute atomic E-state index is 12.7. The standard InChI is InChI=1S/C19H19N3O/c1-19(2)15(12-8-4-3-5-9-12)16(19)17(23)22-18-20-13-10-6-7-11-14(13)21-18/h3-11,15-16H,1-2H3,(H2,20,21,22,23). The van der Waals surface area contributed by atoms with E-state index < -0.39 is 0 Å². The summed E-state index contributed by atoms with van der Waals surface area (Å²) in [6, 6.07) is 18.0. The first-order valence-corrected chi connectivity index (χ1v) is 7.88. The summed E-state index contributed by atoms with van der Waals surface area (Å²) in [6.07, 6.45) is 0. The van der Waals surface area contributed by atoms with Crippen molar-refractivity contribution in [3.63, 3.8) is 0 Å². The zero-order valence-electron chi connectivity index (χ0n) is 13.2. The number of benzene rings is 2. The van der Waals surface area contributed by atoms with Crippen molar-refractivity contribution < 1.29 is 4.79 Å². The molecule has 4 nitrogen and oxygen atoms in total. The fourth-order valence-corrected chi connectivity index (χ4v) is 3.62. The van der Waals surface area contributed by atoms with E-state index in [2.05, 4.69) is 41.3 Å². The number of amides is 1. The molecule has 1 fully saturated rings. The molecule has 4 rings (SSSR count). The molecule has 4 heteroatoms. The first kappa shape index (κ1) is 14.0. The molecule has 0 aliphatic heterocycles. The summed E-state index contributed by atoms with van der Waals surface area (Å²) < 4.78 is 0. The largest absolute Gasteiger partial charge is 0.324 e. The summed E-state index contributed by atoms with van der Waals surface area (Å²) in [5.41, 5.74) is 2.98. The zero-order chi connectivity index (χ0) is 16.0. The van der Waals surface area contributed by atoms with Gasteiger partial charge in [0.15, 0.2) is 0 Å². The number of nitrogens with zero attached hydrogens (tertiary/aromatic N) is 1. The highest BCUT2D eigenvalue weighted by Gasteiger charge is 2.62. The molecule has 1 aliphatic rings. The van der Waals surface area contributed by atoms with Crippen LogP contribution in [-0.4, -0.2) is 15.9 Å². The molecule has 0 bridgehead atoms. The molecular weight excluding hydrogens is 286 g/mol. The van der Waals surface area contributed by atoms with Gasteiger partial charge in [-0.1, -0.05) is 56.3 Å². The number of carbonyl (C=O) groups is 1. The van der Waals surface area contributed by atoms with Crippen molar-refractivity contribution in [1.82, 2.24) is 9.97 Å². The number of H-pyrrole nitrogens is 1. The number of hydrogen-bond donors (Lipinski definition) is 2. The smallest absolute Gasteiger partial charge is 0.230 e. The van der Waals surface area contributed by atoms with Crippen molar-refractivity contribution in [2.24, 2.45) is 11.3 Å². The van der Waals surface area contributed by atoms with E-state index in [4.69, 9.17) is 0 Å². The minimum absolute atomic E-state index is 0.0295. The van der Waals surface area contributed by atoms with E-state index >= 15 is 0 Å². The van der Waals surface area contributed by atoms with E-state index in [1.807, 2.05) is 42.5 Å². The average molecular weight is 305 g/mol. The van der Waals surface area contributed by atoms with Crippen LogP contribution in [0.4, 0.5) is 5.95 Å². The van der Waals surface area contributed by atoms with Crippen LogP contribution in [0, 0.1) is 11.3 Å². The van der Waals surface area contributed by atoms with Gasteiger partial charge in [0.2, 0.25) is 11.9 Å². The van der Waals surface area contributed by atoms with E-state index in [9.17, 15) is 4.79 Å². The summed E-state index contributed by atoms with van der Waals surface area (Å²) in [6.45, 7) is 4.29. The van der Waals surface area contributed by atoms with E-state index in [1.165, 1.54) is 5.56 Å². The summed E-state index contributed by atoms with van der Waals surface area (Å²) in [5.74, 6) is 0.778. The number of imidazole rings is 1. The first-order chi connectivity index (χ1) is 11.1. The fraction of sp³-hybridized carbons (Fsp3) is 0.263. The minimum Gasteiger partial charge on any atom is -0.324 e. The molecule has 1 aliphatic carbocycles. The number of rotatable bonds is 3. The van der Waals surface area contributed by atoms with Crippen molar-refractivity contribution in [3.05, 3.63) is 60.2 Å². The van der Waals surface area contributed by atoms with E-state index in [0.717, 1.165) is 11.0 Å². The molecule has 23 heavy (non-hydrogen) atoms. The predicted molar refractivity (Wildman–Crippen MR) is 91.2 cm³/mol. The van der Waals surface area contributed by atoms with Crippen LogP contribution < -0.4 is 5.32 Å². The predicted octanol–water partition coefficient (Wildman–Crippen LogP) is 3.94. The molecular formula is C19H19N3O. The summed E-state index contributed by atoms with van der Waals surface area (Å²) in [5, 5.41) is 2.94. The van der Waals surface area contributed by atoms with Gasteiger partial charge in [-0.15, -0.1) is 0 Å². The van der Waals surface area contributed by atoms with Crippen LogP contribution >= 0.6 is 0 Å². The molecule has 1 amide bonds. The lowest BCUT2D eigenvalue weighted by atomic mass is 10.0. The number of fused-ring (bicyclic) bond motifs is 1. The molecule has 2 atom stereocenters. The Labute approximate surface area is 134 Å². The van der Waals surface area contributed by atoms with Gasteiger partial charge in [-0.25, -0.2) is 4.98 Å². The number of aromatic nitrogens is 2. The lowest BCUT2D eigenvalue weighted by Gasteiger charge is -2.02. The van der Waals surface area contributed by atoms with Gasteiger partial charge in [0.05, 0.1) is 17.0 Å². The van der Waals surface area contributed by atoms with Crippen LogP contribution in [0.5, 0.6) is 0 Å². The van der Waals surface area contributed by atoms with Gasteiger partial charge < -0.3 is 4.98 Å². The Hall–Kier alpha value is -2.62. The van der Waals surface area contributed by atoms with Gasteiger partial charge in [0.25, 0.3) is 0 Å². The van der Waals surface area contributed by atoms with Crippen LogP contribution in [0.15, 0.2) is 54.6 Å². The van der Waals surface area contributed by atoms with E-state index in [-0.39, 0.29) is 23.2 Å². The second-order valence-corrected chi connectivity index (χ2v) is 6.78. The van der Waals surface area contributed by atoms with Gasteiger partial charge >= 0.3 is 0 Å². The van der Waals surface area contributed by atoms with Crippen LogP contribution in [0.3, 0.4) is 0 Å². The maximum Gasteiger partial charge on any atom is 0.230 e. The highest BCUT2D eigenvalue weighted by molar-refractivity contribution is 5.96. The third-order valence-electron chi connectivity index (χ3n) is 4.90. The van der Waals surface area contributed by atoms with Crippen molar-refractivity contribution in [2.75, 3.05) is 5.32 Å². The number of carbonyl (C=O) groups excluding carboxylic acids is 1. The lowest BCUT2D eigenvalue weighted by Crippen LogP contribution is -2.17. The molecule has 116 valence electrons. The molecule has 2 aromatic carbocycles. The Morgan fingerprint density at radius 2 is 1.78 bits per heavy atom. The number of anilines is 1. The van der Waals surface area contributed by atoms with Crippen molar-refractivity contribution in [1.29, 1.82) is 0 Å². The summed E-state index contributed by atoms with van der Waals surface area (Å²) in [4.78, 5) is 20.2. The van der Waals surface area contributed by atoms with Crippen LogP contribution in [0.2, 0.25) is 0 Å². The number of para-hydroxylation sites is 2. The molecule has 0 radical (unpaired) electrons. The molecule has 2 unspecified atom stereocenters. The highest BCUT2D eigenvalue weighted by atomic mass is 16.2. The molecule has 1 saturated carbocycles. The van der Waals surface area contributed by atoms with Crippen LogP contribution in [0.1, 0.15) is 25.3 Å². The quantitative estimate of drug-likeness (QED) is 0.770. The normalized spacial score (nSPS) is 22.0. The topological polar surface area (TPSA) is 57.8 Å². The molecule has 1 aromatic heterocycles. The monoisotopic (exact) mass is 305 g/mol. The van der Waals surface area contributed by atoms with Gasteiger partial charge in [-0.3, -0.25) is 10.1 Å². The first-order valence-electron chi connectivity index (χ1n) is 7.88. The van der Waals surface area contributed by atoms with Gasteiger partial charge in [-0.2, -0.15) is 0 Å². The third kappa shape index (κ3) is 2.31. The van der Waals surface area contributed by atoms with Crippen molar-refractivity contribution >= 4 is 22.9 Å². The molecule has 0 spiro atoms. The Morgan fingerprint density at radius 1 is 1.09 bits per heavy atom. The number of aromatic amines is 1. The molecule has 1 heterocycles.